The lowest BCUT2D eigenvalue weighted by molar-refractivity contribution is -0.116. The van der Waals surface area contributed by atoms with Gasteiger partial charge in [-0.1, -0.05) is 23.2 Å². The van der Waals surface area contributed by atoms with Crippen LogP contribution in [-0.2, 0) is 11.2 Å². The van der Waals surface area contributed by atoms with Crippen LogP contribution in [-0.4, -0.2) is 5.91 Å². The van der Waals surface area contributed by atoms with E-state index in [4.69, 9.17) is 23.2 Å². The number of carbonyl (C=O) groups is 1. The minimum atomic E-state index is 0.0332. The molecule has 1 N–H and O–H groups in total. The Morgan fingerprint density at radius 3 is 2.77 bits per heavy atom. The second-order valence-electron chi connectivity index (χ2n) is 2.94. The van der Waals surface area contributed by atoms with E-state index in [2.05, 4.69) is 5.32 Å². The van der Waals surface area contributed by atoms with E-state index in [1.165, 1.54) is 0 Å². The lowest BCUT2D eigenvalue weighted by Crippen LogP contribution is -2.19. The average molecular weight is 216 g/mol. The Morgan fingerprint density at radius 1 is 1.23 bits per heavy atom. The van der Waals surface area contributed by atoms with Crippen LogP contribution >= 0.6 is 23.2 Å². The summed E-state index contributed by atoms with van der Waals surface area (Å²) in [4.78, 5) is 11.0. The van der Waals surface area contributed by atoms with Gasteiger partial charge in [0.1, 0.15) is 0 Å². The molecule has 1 aliphatic heterocycles. The number of carbonyl (C=O) groups excluding carboxylic acids is 1. The van der Waals surface area contributed by atoms with E-state index in [-0.39, 0.29) is 5.91 Å². The fourth-order valence-electron chi connectivity index (χ4n) is 1.41. The highest BCUT2D eigenvalue weighted by Gasteiger charge is 2.18. The van der Waals surface area contributed by atoms with Gasteiger partial charge in [-0.25, -0.2) is 0 Å². The quantitative estimate of drug-likeness (QED) is 0.709. The van der Waals surface area contributed by atoms with Gasteiger partial charge in [-0.2, -0.15) is 0 Å². The normalized spacial score (nSPS) is 15.1. The largest absolute Gasteiger partial charge is 0.326 e. The first-order valence-corrected chi connectivity index (χ1v) is 4.71. The van der Waals surface area contributed by atoms with Crippen molar-refractivity contribution in [3.63, 3.8) is 0 Å². The maximum absolute atomic E-state index is 11.0. The number of amides is 1. The van der Waals surface area contributed by atoms with Crippen molar-refractivity contribution in [3.05, 3.63) is 27.7 Å². The molecule has 1 aliphatic rings. The highest BCUT2D eigenvalue weighted by molar-refractivity contribution is 6.42. The maximum Gasteiger partial charge on any atom is 0.224 e. The predicted molar refractivity (Wildman–Crippen MR) is 53.4 cm³/mol. The molecule has 68 valence electrons. The Kier molecular flexibility index (Phi) is 2.18. The molecule has 0 spiro atoms. The lowest BCUT2D eigenvalue weighted by atomic mass is 10.0. The minimum Gasteiger partial charge on any atom is -0.326 e. The number of fused-ring (bicyclic) bond motifs is 1. The first kappa shape index (κ1) is 8.85. The van der Waals surface area contributed by atoms with Crippen LogP contribution in [0.2, 0.25) is 10.0 Å². The molecule has 0 saturated carbocycles. The fraction of sp³-hybridized carbons (Fsp3) is 0.222. The van der Waals surface area contributed by atoms with Gasteiger partial charge in [-0.15, -0.1) is 0 Å². The van der Waals surface area contributed by atoms with E-state index in [0.717, 1.165) is 11.3 Å². The molecule has 2 nitrogen and oxygen atoms in total. The summed E-state index contributed by atoms with van der Waals surface area (Å²) in [7, 11) is 0. The van der Waals surface area contributed by atoms with Crippen molar-refractivity contribution in [2.45, 2.75) is 12.8 Å². The van der Waals surface area contributed by atoms with Crippen LogP contribution in [0.4, 0.5) is 5.69 Å². The summed E-state index contributed by atoms with van der Waals surface area (Å²) in [5, 5.41) is 3.84. The van der Waals surface area contributed by atoms with Gasteiger partial charge in [-0.05, 0) is 24.1 Å². The molecule has 13 heavy (non-hydrogen) atoms. The zero-order chi connectivity index (χ0) is 9.42. The van der Waals surface area contributed by atoms with Crippen LogP contribution in [0.3, 0.4) is 0 Å². The summed E-state index contributed by atoms with van der Waals surface area (Å²) in [6.45, 7) is 0. The Bertz CT molecular complexity index is 376. The van der Waals surface area contributed by atoms with Crippen molar-refractivity contribution in [3.8, 4) is 0 Å². The van der Waals surface area contributed by atoms with Gasteiger partial charge in [0.05, 0.1) is 10.0 Å². The summed E-state index contributed by atoms with van der Waals surface area (Å²) in [6.07, 6.45) is 1.15. The van der Waals surface area contributed by atoms with E-state index in [1.807, 2.05) is 0 Å². The second-order valence-corrected chi connectivity index (χ2v) is 3.72. The van der Waals surface area contributed by atoms with Crippen molar-refractivity contribution in [2.24, 2.45) is 0 Å². The molecule has 0 fully saturated rings. The van der Waals surface area contributed by atoms with E-state index in [9.17, 15) is 4.79 Å². The molecular formula is C9H7Cl2NO. The molecule has 1 aromatic carbocycles. The van der Waals surface area contributed by atoms with E-state index < -0.39 is 0 Å². The number of hydrogen-bond acceptors (Lipinski definition) is 1. The van der Waals surface area contributed by atoms with E-state index >= 15 is 0 Å². The standard InChI is InChI=1S/C9H7Cl2NO/c10-6-2-3-7-5(9(6)11)1-4-8(13)12-7/h2-3H,1,4H2,(H,12,13). The molecular weight excluding hydrogens is 209 g/mol. The highest BCUT2D eigenvalue weighted by Crippen LogP contribution is 2.34. The first-order chi connectivity index (χ1) is 6.18. The van der Waals surface area contributed by atoms with Crippen LogP contribution in [0.1, 0.15) is 12.0 Å². The summed E-state index contributed by atoms with van der Waals surface area (Å²) < 4.78 is 0. The van der Waals surface area contributed by atoms with Gasteiger partial charge >= 0.3 is 0 Å². The number of nitrogens with one attached hydrogen (secondary N) is 1. The maximum atomic E-state index is 11.0. The molecule has 0 aromatic heterocycles. The highest BCUT2D eigenvalue weighted by atomic mass is 35.5. The van der Waals surface area contributed by atoms with Gasteiger partial charge in [-0.3, -0.25) is 4.79 Å². The second kappa shape index (κ2) is 3.20. The van der Waals surface area contributed by atoms with Crippen molar-refractivity contribution in [2.75, 3.05) is 5.32 Å². The third kappa shape index (κ3) is 1.52. The Labute approximate surface area is 85.8 Å². The van der Waals surface area contributed by atoms with Gasteiger partial charge in [0.25, 0.3) is 0 Å². The molecule has 0 bridgehead atoms. The van der Waals surface area contributed by atoms with E-state index in [0.29, 0.717) is 22.9 Å². The summed E-state index contributed by atoms with van der Waals surface area (Å²) in [6, 6.07) is 3.47. The molecule has 1 amide bonds. The van der Waals surface area contributed by atoms with Crippen LogP contribution in [0, 0.1) is 0 Å². The van der Waals surface area contributed by atoms with Crippen molar-refractivity contribution < 1.29 is 4.79 Å². The zero-order valence-electron chi connectivity index (χ0n) is 6.73. The molecule has 2 rings (SSSR count). The Balaban J connectivity index is 2.53. The van der Waals surface area contributed by atoms with E-state index in [1.54, 1.807) is 12.1 Å². The van der Waals surface area contributed by atoms with Crippen LogP contribution in [0.15, 0.2) is 12.1 Å². The Hall–Kier alpha value is -0.730. The van der Waals surface area contributed by atoms with Crippen molar-refractivity contribution in [1.82, 2.24) is 0 Å². The van der Waals surface area contributed by atoms with Gasteiger partial charge in [0, 0.05) is 12.1 Å². The van der Waals surface area contributed by atoms with Gasteiger partial charge in [0.2, 0.25) is 5.91 Å². The molecule has 0 atom stereocenters. The zero-order valence-corrected chi connectivity index (χ0v) is 8.24. The minimum absolute atomic E-state index is 0.0332. The third-order valence-corrected chi connectivity index (χ3v) is 2.92. The molecule has 1 heterocycles. The number of anilines is 1. The monoisotopic (exact) mass is 215 g/mol. The topological polar surface area (TPSA) is 29.1 Å². The summed E-state index contributed by atoms with van der Waals surface area (Å²) >= 11 is 11.8. The number of rotatable bonds is 0. The molecule has 0 saturated heterocycles. The summed E-state index contributed by atoms with van der Waals surface area (Å²) in [5.41, 5.74) is 1.72. The summed E-state index contributed by atoms with van der Waals surface area (Å²) in [5.74, 6) is 0.0332. The lowest BCUT2D eigenvalue weighted by Gasteiger charge is -2.18. The smallest absolute Gasteiger partial charge is 0.224 e. The predicted octanol–water partition coefficient (Wildman–Crippen LogP) is 2.88. The average Bonchev–Trinajstić information content (AvgIpc) is 2.12. The van der Waals surface area contributed by atoms with Crippen LogP contribution in [0.25, 0.3) is 0 Å². The number of hydrogen-bond donors (Lipinski definition) is 1. The van der Waals surface area contributed by atoms with Crippen molar-refractivity contribution in [1.29, 1.82) is 0 Å². The number of benzene rings is 1. The van der Waals surface area contributed by atoms with Crippen LogP contribution < -0.4 is 5.32 Å². The molecule has 0 aliphatic carbocycles. The van der Waals surface area contributed by atoms with Gasteiger partial charge < -0.3 is 5.32 Å². The molecule has 1 aromatic rings. The fourth-order valence-corrected chi connectivity index (χ4v) is 1.84. The third-order valence-electron chi connectivity index (χ3n) is 2.07. The SMILES string of the molecule is O=C1CCc2c(ccc(Cl)c2Cl)N1. The van der Waals surface area contributed by atoms with Crippen molar-refractivity contribution >= 4 is 34.8 Å². The van der Waals surface area contributed by atoms with Crippen LogP contribution in [0.5, 0.6) is 0 Å². The Morgan fingerprint density at radius 2 is 2.00 bits per heavy atom. The van der Waals surface area contributed by atoms with Gasteiger partial charge in [0.15, 0.2) is 0 Å². The molecule has 0 unspecified atom stereocenters. The molecule has 4 heteroatoms. The molecule has 0 radical (unpaired) electrons. The first-order valence-electron chi connectivity index (χ1n) is 3.95. The number of halogens is 2.